The molecule has 3 amide bonds. The van der Waals surface area contributed by atoms with Gasteiger partial charge in [0.15, 0.2) is 6.17 Å². The van der Waals surface area contributed by atoms with E-state index in [-0.39, 0.29) is 11.5 Å². The van der Waals surface area contributed by atoms with Gasteiger partial charge in [-0.2, -0.15) is 0 Å². The van der Waals surface area contributed by atoms with Gasteiger partial charge >= 0.3 is 5.97 Å². The van der Waals surface area contributed by atoms with Gasteiger partial charge in [-0.25, -0.2) is 4.79 Å². The number of nitrogens with one attached hydrogen (secondary N) is 2. The topological polar surface area (TPSA) is 165 Å². The summed E-state index contributed by atoms with van der Waals surface area (Å²) in [6.45, 7) is 6.86. The number of hydrogen-bond donors (Lipinski definition) is 4. The van der Waals surface area contributed by atoms with E-state index in [9.17, 15) is 24.3 Å². The first-order valence-electron chi connectivity index (χ1n) is 15.4. The van der Waals surface area contributed by atoms with Gasteiger partial charge in [0.1, 0.15) is 11.5 Å². The van der Waals surface area contributed by atoms with Gasteiger partial charge in [-0.1, -0.05) is 23.8 Å². The van der Waals surface area contributed by atoms with E-state index in [1.165, 1.54) is 0 Å². The fourth-order valence-corrected chi connectivity index (χ4v) is 6.26. The molecule has 0 aliphatic carbocycles. The number of morpholine rings is 1. The van der Waals surface area contributed by atoms with Crippen molar-refractivity contribution in [2.24, 2.45) is 5.73 Å². The third kappa shape index (κ3) is 6.31. The van der Waals surface area contributed by atoms with E-state index in [1.54, 1.807) is 73.0 Å². The van der Waals surface area contributed by atoms with E-state index < -0.39 is 23.9 Å². The molecule has 3 aromatic carbocycles. The Balaban J connectivity index is 1.30. The number of primary amides is 1. The maximum atomic E-state index is 13.3. The van der Waals surface area contributed by atoms with Gasteiger partial charge in [0, 0.05) is 53.4 Å². The Morgan fingerprint density at radius 1 is 1.00 bits per heavy atom. The Morgan fingerprint density at radius 2 is 1.73 bits per heavy atom. The zero-order valence-corrected chi connectivity index (χ0v) is 26.7. The van der Waals surface area contributed by atoms with Crippen LogP contribution in [-0.4, -0.2) is 64.6 Å². The number of carboxylic acid groups (broad SMARTS) is 1. The smallest absolute Gasteiger partial charge is 0.337 e. The number of nitrogens with zero attached hydrogens (tertiary/aromatic N) is 2. The number of anilines is 2. The van der Waals surface area contributed by atoms with Crippen molar-refractivity contribution < 1.29 is 33.8 Å². The summed E-state index contributed by atoms with van der Waals surface area (Å²) >= 11 is 0. The van der Waals surface area contributed by atoms with Crippen LogP contribution < -0.4 is 21.1 Å². The van der Waals surface area contributed by atoms with Crippen molar-refractivity contribution in [2.75, 3.05) is 36.9 Å². The van der Waals surface area contributed by atoms with Gasteiger partial charge in [0.2, 0.25) is 0 Å². The zero-order valence-electron chi connectivity index (χ0n) is 26.7. The van der Waals surface area contributed by atoms with Crippen LogP contribution in [0.25, 0.3) is 11.6 Å². The van der Waals surface area contributed by atoms with Gasteiger partial charge in [-0.15, -0.1) is 0 Å². The number of ether oxygens (including phenoxy) is 2. The highest BCUT2D eigenvalue weighted by Gasteiger charge is 2.34. The average molecular weight is 650 g/mol. The van der Waals surface area contributed by atoms with Crippen molar-refractivity contribution in [1.29, 1.82) is 0 Å². The number of benzene rings is 3. The summed E-state index contributed by atoms with van der Waals surface area (Å²) in [5.41, 5.74) is 10.5. The molecule has 0 radical (unpaired) electrons. The van der Waals surface area contributed by atoms with E-state index in [0.29, 0.717) is 82.8 Å². The molecule has 0 saturated carbocycles. The number of aromatic carboxylic acids is 1. The molecule has 2 aliphatic rings. The molecule has 5 N–H and O–H groups in total. The number of aromatic nitrogens is 1. The highest BCUT2D eigenvalue weighted by molar-refractivity contribution is 6.35. The second-order valence-corrected chi connectivity index (χ2v) is 11.7. The Hall–Kier alpha value is -5.72. The summed E-state index contributed by atoms with van der Waals surface area (Å²) < 4.78 is 13.1. The van der Waals surface area contributed by atoms with Crippen molar-refractivity contribution >= 4 is 46.7 Å². The summed E-state index contributed by atoms with van der Waals surface area (Å²) in [5.74, 6) is -1.51. The van der Waals surface area contributed by atoms with Crippen LogP contribution in [0.2, 0.25) is 0 Å². The molecule has 1 saturated heterocycles. The zero-order chi connectivity index (χ0) is 34.1. The second-order valence-electron chi connectivity index (χ2n) is 11.7. The fraction of sp³-hybridized carbons (Fsp3) is 0.222. The minimum Gasteiger partial charge on any atom is -0.478 e. The van der Waals surface area contributed by atoms with Crippen molar-refractivity contribution in [3.8, 4) is 11.5 Å². The highest BCUT2D eigenvalue weighted by Crippen LogP contribution is 2.39. The summed E-state index contributed by atoms with van der Waals surface area (Å²) in [6.07, 6.45) is 0.623. The van der Waals surface area contributed by atoms with E-state index in [2.05, 4.69) is 10.6 Å². The van der Waals surface area contributed by atoms with Crippen LogP contribution in [0.4, 0.5) is 11.4 Å². The summed E-state index contributed by atoms with van der Waals surface area (Å²) in [4.78, 5) is 53.1. The molecule has 12 nitrogen and oxygen atoms in total. The van der Waals surface area contributed by atoms with Crippen LogP contribution in [0.5, 0.6) is 11.5 Å². The number of hydrogen-bond acceptors (Lipinski definition) is 7. The van der Waals surface area contributed by atoms with Crippen molar-refractivity contribution in [1.82, 2.24) is 9.47 Å². The maximum absolute atomic E-state index is 13.3. The lowest BCUT2D eigenvalue weighted by Crippen LogP contribution is -2.47. The molecule has 1 unspecified atom stereocenters. The SMILES string of the molecule is Cc1cccc(C(=O)Nc2cccc(Oc3ccc4c(c3)NC(=O)C4=Cc3c(C)c(C(=O)O)c(C)n3C(C(N)=O)N3CCOCC3)c2)c1. The van der Waals surface area contributed by atoms with Crippen LogP contribution in [-0.2, 0) is 14.3 Å². The molecule has 2 aliphatic heterocycles. The standard InChI is InChI=1S/C36H35N5O7/c1-20-6-4-7-23(16-20)33(43)38-24-8-5-9-25(17-24)48-26-10-11-27-28(34(44)39-29(27)18-26)19-30-21(2)31(36(45)46)22(3)41(30)35(32(37)42)40-12-14-47-15-13-40/h4-11,16-19,35H,12-15H2,1-3H3,(H2,37,42)(H,38,43)(H,39,44)(H,45,46). The Labute approximate surface area is 276 Å². The molecule has 3 heterocycles. The highest BCUT2D eigenvalue weighted by atomic mass is 16.5. The molecule has 6 rings (SSSR count). The molecule has 48 heavy (non-hydrogen) atoms. The van der Waals surface area contributed by atoms with Crippen molar-refractivity contribution in [2.45, 2.75) is 26.9 Å². The van der Waals surface area contributed by atoms with Crippen LogP contribution in [0.1, 0.15) is 55.0 Å². The van der Waals surface area contributed by atoms with Gasteiger partial charge in [-0.05, 0) is 68.8 Å². The molecule has 12 heteroatoms. The largest absolute Gasteiger partial charge is 0.478 e. The minimum atomic E-state index is -1.15. The number of amides is 3. The normalized spacial score (nSPS) is 15.9. The first kappa shape index (κ1) is 32.2. The van der Waals surface area contributed by atoms with E-state index in [1.807, 2.05) is 30.0 Å². The Bertz CT molecular complexity index is 1990. The molecule has 0 spiro atoms. The predicted octanol–water partition coefficient (Wildman–Crippen LogP) is 4.96. The number of rotatable bonds is 9. The average Bonchev–Trinajstić information content (AvgIpc) is 3.48. The number of nitrogens with two attached hydrogens (primary N) is 1. The molecule has 4 aromatic rings. The fourth-order valence-electron chi connectivity index (χ4n) is 6.26. The second kappa shape index (κ2) is 13.2. The molecular weight excluding hydrogens is 614 g/mol. The molecule has 1 aromatic heterocycles. The third-order valence-electron chi connectivity index (χ3n) is 8.51. The van der Waals surface area contributed by atoms with Crippen LogP contribution in [0.3, 0.4) is 0 Å². The van der Waals surface area contributed by atoms with Crippen molar-refractivity contribution in [3.05, 3.63) is 106 Å². The number of carbonyl (C=O) groups excluding carboxylic acids is 3. The van der Waals surface area contributed by atoms with Gasteiger partial charge < -0.3 is 35.5 Å². The van der Waals surface area contributed by atoms with Crippen LogP contribution >= 0.6 is 0 Å². The van der Waals surface area contributed by atoms with E-state index >= 15 is 0 Å². The summed E-state index contributed by atoms with van der Waals surface area (Å²) in [5, 5.41) is 15.8. The predicted molar refractivity (Wildman–Crippen MR) is 180 cm³/mol. The van der Waals surface area contributed by atoms with Crippen molar-refractivity contribution in [3.63, 3.8) is 0 Å². The quantitative estimate of drug-likeness (QED) is 0.185. The van der Waals surface area contributed by atoms with E-state index in [4.69, 9.17) is 15.2 Å². The molecular formula is C36H35N5O7. The van der Waals surface area contributed by atoms with Crippen LogP contribution in [0.15, 0.2) is 66.7 Å². The molecule has 1 fully saturated rings. The maximum Gasteiger partial charge on any atom is 0.337 e. The lowest BCUT2D eigenvalue weighted by molar-refractivity contribution is -0.129. The van der Waals surface area contributed by atoms with E-state index in [0.717, 1.165) is 5.56 Å². The molecule has 1 atom stereocenters. The lowest BCUT2D eigenvalue weighted by atomic mass is 10.0. The number of carboxylic acids is 1. The first-order valence-corrected chi connectivity index (χ1v) is 15.4. The summed E-state index contributed by atoms with van der Waals surface area (Å²) in [6, 6.07) is 19.4. The third-order valence-corrected chi connectivity index (χ3v) is 8.51. The number of aryl methyl sites for hydroxylation is 1. The summed E-state index contributed by atoms with van der Waals surface area (Å²) in [7, 11) is 0. The Morgan fingerprint density at radius 3 is 2.44 bits per heavy atom. The molecule has 246 valence electrons. The number of fused-ring (bicyclic) bond motifs is 1. The Kier molecular flexibility index (Phi) is 8.85. The van der Waals surface area contributed by atoms with Gasteiger partial charge in [0.25, 0.3) is 17.7 Å². The van der Waals surface area contributed by atoms with Gasteiger partial charge in [-0.3, -0.25) is 19.3 Å². The van der Waals surface area contributed by atoms with Crippen LogP contribution in [0, 0.1) is 20.8 Å². The minimum absolute atomic E-state index is 0.0426. The monoisotopic (exact) mass is 649 g/mol. The first-order chi connectivity index (χ1) is 23.0. The lowest BCUT2D eigenvalue weighted by Gasteiger charge is -2.34. The number of carbonyl (C=O) groups is 4. The van der Waals surface area contributed by atoms with Gasteiger partial charge in [0.05, 0.1) is 30.0 Å². The molecule has 0 bridgehead atoms.